The largest absolute Gasteiger partial charge is 0.469 e. The zero-order valence-electron chi connectivity index (χ0n) is 17.1. The van der Waals surface area contributed by atoms with Crippen LogP contribution in [0.2, 0.25) is 0 Å². The third-order valence-electron chi connectivity index (χ3n) is 5.91. The van der Waals surface area contributed by atoms with Crippen LogP contribution in [0.5, 0.6) is 0 Å². The van der Waals surface area contributed by atoms with Gasteiger partial charge in [0.05, 0.1) is 31.6 Å². The normalized spacial score (nSPS) is 28.0. The van der Waals surface area contributed by atoms with E-state index >= 15 is 0 Å². The van der Waals surface area contributed by atoms with E-state index in [4.69, 9.17) is 9.47 Å². The zero-order valence-corrected chi connectivity index (χ0v) is 17.1. The third-order valence-corrected chi connectivity index (χ3v) is 5.91. The second-order valence-corrected chi connectivity index (χ2v) is 7.83. The van der Waals surface area contributed by atoms with Gasteiger partial charge < -0.3 is 19.5 Å². The van der Waals surface area contributed by atoms with Crippen LogP contribution in [0.1, 0.15) is 18.4 Å². The van der Waals surface area contributed by atoms with Crippen molar-refractivity contribution in [1.29, 1.82) is 0 Å². The molecule has 4 unspecified atom stereocenters. The molecule has 0 radical (unpaired) electrons. The van der Waals surface area contributed by atoms with Gasteiger partial charge in [0.25, 0.3) is 0 Å². The molecular weight excluding hydrogens is 404 g/mol. The Morgan fingerprint density at radius 2 is 1.97 bits per heavy atom. The summed E-state index contributed by atoms with van der Waals surface area (Å²) in [4.78, 5) is 50.5. The number of benzene rings is 1. The molecule has 9 nitrogen and oxygen atoms in total. The van der Waals surface area contributed by atoms with E-state index in [0.717, 1.165) is 5.56 Å². The highest BCUT2D eigenvalue weighted by atomic mass is 16.6. The van der Waals surface area contributed by atoms with Gasteiger partial charge in [-0.2, -0.15) is 0 Å². The van der Waals surface area contributed by atoms with Crippen molar-refractivity contribution >= 4 is 23.9 Å². The van der Waals surface area contributed by atoms with Crippen LogP contribution < -0.4 is 5.32 Å². The minimum Gasteiger partial charge on any atom is -0.469 e. The first-order valence-corrected chi connectivity index (χ1v) is 10.2. The lowest BCUT2D eigenvalue weighted by atomic mass is 9.77. The van der Waals surface area contributed by atoms with Gasteiger partial charge in [-0.15, -0.1) is 0 Å². The number of carbonyl (C=O) groups excluding carboxylic acids is 4. The van der Waals surface area contributed by atoms with E-state index in [0.29, 0.717) is 6.42 Å². The fourth-order valence-electron chi connectivity index (χ4n) is 4.40. The van der Waals surface area contributed by atoms with Crippen molar-refractivity contribution in [2.24, 2.45) is 11.8 Å². The molecule has 3 amide bonds. The molecule has 2 saturated heterocycles. The summed E-state index contributed by atoms with van der Waals surface area (Å²) in [6.07, 6.45) is 2.90. The van der Waals surface area contributed by atoms with Gasteiger partial charge in [-0.05, 0) is 18.1 Å². The molecule has 2 fully saturated rings. The number of nitrogens with zero attached hydrogens (tertiary/aromatic N) is 1. The van der Waals surface area contributed by atoms with Crippen molar-refractivity contribution in [3.05, 3.63) is 48.0 Å². The first-order valence-electron chi connectivity index (χ1n) is 10.2. The SMILES string of the molecule is COC(=O)CCCNC(=O)OCC12C=CC(O1)C1C(=O)N(Cc3ccccc3)C(=O)C12. The van der Waals surface area contributed by atoms with E-state index in [1.807, 2.05) is 30.3 Å². The highest BCUT2D eigenvalue weighted by molar-refractivity contribution is 6.07. The van der Waals surface area contributed by atoms with Crippen molar-refractivity contribution in [3.63, 3.8) is 0 Å². The monoisotopic (exact) mass is 428 g/mol. The van der Waals surface area contributed by atoms with Gasteiger partial charge in [0.15, 0.2) is 0 Å². The Hall–Kier alpha value is -3.20. The first kappa shape index (κ1) is 21.0. The van der Waals surface area contributed by atoms with Crippen LogP contribution in [0.3, 0.4) is 0 Å². The standard InChI is InChI=1S/C22H24N2O7/c1-29-16(25)8-5-11-23-21(28)30-13-22-10-9-15(31-22)17-18(22)20(27)24(19(17)26)12-14-6-3-2-4-7-14/h2-4,6-7,9-10,15,17-18H,5,8,11-13H2,1H3,(H,23,28). The Morgan fingerprint density at radius 3 is 2.71 bits per heavy atom. The van der Waals surface area contributed by atoms with E-state index in [9.17, 15) is 19.2 Å². The maximum absolute atomic E-state index is 13.1. The first-order chi connectivity index (χ1) is 14.9. The average molecular weight is 428 g/mol. The van der Waals surface area contributed by atoms with Gasteiger partial charge >= 0.3 is 12.1 Å². The summed E-state index contributed by atoms with van der Waals surface area (Å²) < 4.78 is 15.8. The molecule has 0 aromatic heterocycles. The number of fused-ring (bicyclic) bond motifs is 5. The number of carbonyl (C=O) groups is 4. The minimum absolute atomic E-state index is 0.178. The van der Waals surface area contributed by atoms with Crippen LogP contribution in [0.4, 0.5) is 4.79 Å². The molecule has 9 heteroatoms. The number of esters is 1. The number of rotatable bonds is 8. The molecule has 3 aliphatic heterocycles. The van der Waals surface area contributed by atoms with E-state index in [2.05, 4.69) is 10.1 Å². The van der Waals surface area contributed by atoms with Gasteiger partial charge in [-0.1, -0.05) is 36.4 Å². The second kappa shape index (κ2) is 8.50. The Labute approximate surface area is 179 Å². The quantitative estimate of drug-likeness (QED) is 0.286. The lowest BCUT2D eigenvalue weighted by Crippen LogP contribution is -2.45. The van der Waals surface area contributed by atoms with Crippen molar-refractivity contribution in [2.75, 3.05) is 20.3 Å². The molecule has 2 bridgehead atoms. The molecule has 164 valence electrons. The predicted octanol–water partition coefficient (Wildman–Crippen LogP) is 1.17. The minimum atomic E-state index is -1.14. The van der Waals surface area contributed by atoms with E-state index in [1.54, 1.807) is 12.2 Å². The molecule has 1 aromatic carbocycles. The molecule has 3 heterocycles. The van der Waals surface area contributed by atoms with E-state index in [-0.39, 0.29) is 43.9 Å². The van der Waals surface area contributed by atoms with Gasteiger partial charge in [0.2, 0.25) is 11.8 Å². The highest BCUT2D eigenvalue weighted by Gasteiger charge is 2.68. The molecule has 4 rings (SSSR count). The summed E-state index contributed by atoms with van der Waals surface area (Å²) in [5.74, 6) is -2.25. The number of hydrogen-bond acceptors (Lipinski definition) is 7. The molecule has 0 aliphatic carbocycles. The van der Waals surface area contributed by atoms with E-state index < -0.39 is 29.6 Å². The van der Waals surface area contributed by atoms with Crippen LogP contribution in [-0.4, -0.2) is 60.7 Å². The summed E-state index contributed by atoms with van der Waals surface area (Å²) in [7, 11) is 1.30. The maximum Gasteiger partial charge on any atom is 0.407 e. The van der Waals surface area contributed by atoms with Crippen molar-refractivity contribution in [1.82, 2.24) is 10.2 Å². The summed E-state index contributed by atoms with van der Waals surface area (Å²) in [6.45, 7) is 0.270. The number of methoxy groups -OCH3 is 1. The van der Waals surface area contributed by atoms with Crippen molar-refractivity contribution in [3.8, 4) is 0 Å². The predicted molar refractivity (Wildman–Crippen MR) is 106 cm³/mol. The Bertz CT molecular complexity index is 916. The molecular formula is C22H24N2O7. The number of amides is 3. The summed E-state index contributed by atoms with van der Waals surface area (Å²) in [5, 5.41) is 2.55. The molecule has 4 atom stereocenters. The van der Waals surface area contributed by atoms with Gasteiger partial charge in [-0.3, -0.25) is 19.3 Å². The van der Waals surface area contributed by atoms with Crippen molar-refractivity contribution in [2.45, 2.75) is 31.1 Å². The number of hydrogen-bond donors (Lipinski definition) is 1. The Balaban J connectivity index is 1.36. The average Bonchev–Trinajstić information content (AvgIpc) is 3.42. The summed E-state index contributed by atoms with van der Waals surface area (Å²) >= 11 is 0. The molecule has 1 N–H and O–H groups in total. The fraction of sp³-hybridized carbons (Fsp3) is 0.455. The van der Waals surface area contributed by atoms with Crippen LogP contribution in [0.15, 0.2) is 42.5 Å². The molecule has 3 aliphatic rings. The molecule has 0 saturated carbocycles. The lowest BCUT2D eigenvalue weighted by Gasteiger charge is -2.28. The number of alkyl carbamates (subject to hydrolysis) is 1. The van der Waals surface area contributed by atoms with Crippen LogP contribution in [-0.2, 0) is 35.1 Å². The highest BCUT2D eigenvalue weighted by Crippen LogP contribution is 2.52. The van der Waals surface area contributed by atoms with Gasteiger partial charge in [0, 0.05) is 13.0 Å². The lowest BCUT2D eigenvalue weighted by molar-refractivity contribution is -0.146. The molecule has 1 aromatic rings. The Kier molecular flexibility index (Phi) is 5.77. The summed E-state index contributed by atoms with van der Waals surface area (Å²) in [6, 6.07) is 9.31. The number of likely N-dealkylation sites (tertiary alicyclic amines) is 1. The van der Waals surface area contributed by atoms with E-state index in [1.165, 1.54) is 12.0 Å². The molecule has 31 heavy (non-hydrogen) atoms. The number of ether oxygens (including phenoxy) is 3. The second-order valence-electron chi connectivity index (χ2n) is 7.83. The third kappa shape index (κ3) is 3.93. The van der Waals surface area contributed by atoms with Gasteiger partial charge in [0.1, 0.15) is 12.2 Å². The molecule has 0 spiro atoms. The van der Waals surface area contributed by atoms with Crippen molar-refractivity contribution < 1.29 is 33.4 Å². The zero-order chi connectivity index (χ0) is 22.0. The fourth-order valence-corrected chi connectivity index (χ4v) is 4.40. The number of imide groups is 1. The van der Waals surface area contributed by atoms with Gasteiger partial charge in [-0.25, -0.2) is 4.79 Å². The Morgan fingerprint density at radius 1 is 1.19 bits per heavy atom. The number of nitrogens with one attached hydrogen (secondary N) is 1. The van der Waals surface area contributed by atoms with Crippen LogP contribution in [0, 0.1) is 11.8 Å². The summed E-state index contributed by atoms with van der Waals surface area (Å²) in [5.41, 5.74) is -0.279. The van der Waals surface area contributed by atoms with Crippen LogP contribution >= 0.6 is 0 Å². The smallest absolute Gasteiger partial charge is 0.407 e. The maximum atomic E-state index is 13.1. The van der Waals surface area contributed by atoms with Crippen LogP contribution in [0.25, 0.3) is 0 Å². The topological polar surface area (TPSA) is 111 Å².